The van der Waals surface area contributed by atoms with Gasteiger partial charge in [0, 0.05) is 12.1 Å². The second kappa shape index (κ2) is 7.77. The highest BCUT2D eigenvalue weighted by molar-refractivity contribution is 5.94. The van der Waals surface area contributed by atoms with Crippen LogP contribution in [0.4, 0.5) is 5.69 Å². The van der Waals surface area contributed by atoms with E-state index in [9.17, 15) is 19.7 Å². The van der Waals surface area contributed by atoms with Crippen LogP contribution in [0, 0.1) is 10.1 Å². The second-order valence-electron chi connectivity index (χ2n) is 4.57. The first-order chi connectivity index (χ1) is 11.5. The van der Waals surface area contributed by atoms with E-state index in [2.05, 4.69) is 5.32 Å². The summed E-state index contributed by atoms with van der Waals surface area (Å²) in [5.41, 5.74) is -0.421. The van der Waals surface area contributed by atoms with Crippen molar-refractivity contribution in [3.63, 3.8) is 0 Å². The number of hydrogen-bond donors (Lipinski definition) is 1. The third-order valence-electron chi connectivity index (χ3n) is 2.99. The largest absolute Gasteiger partial charge is 0.496 e. The average Bonchev–Trinajstić information content (AvgIpc) is 3.10. The van der Waals surface area contributed by atoms with Gasteiger partial charge in [-0.1, -0.05) is 0 Å². The maximum absolute atomic E-state index is 12.0. The van der Waals surface area contributed by atoms with Gasteiger partial charge in [0.2, 0.25) is 0 Å². The molecule has 24 heavy (non-hydrogen) atoms. The highest BCUT2D eigenvalue weighted by Gasteiger charge is 2.19. The van der Waals surface area contributed by atoms with Crippen molar-refractivity contribution < 1.29 is 28.4 Å². The minimum absolute atomic E-state index is 0.113. The standard InChI is InChI=1S/C15H14N2O7/c1-22-13-5-4-10(17(20)21)7-12(13)15(19)24-9-14(18)16-8-11-3-2-6-23-11/h2-7H,8-9H2,1H3,(H,16,18). The molecule has 0 radical (unpaired) electrons. The summed E-state index contributed by atoms with van der Waals surface area (Å²) in [6.07, 6.45) is 1.47. The van der Waals surface area contributed by atoms with Gasteiger partial charge in [-0.05, 0) is 18.2 Å². The molecule has 9 nitrogen and oxygen atoms in total. The predicted molar refractivity (Wildman–Crippen MR) is 80.5 cm³/mol. The summed E-state index contributed by atoms with van der Waals surface area (Å²) in [7, 11) is 1.31. The molecule has 9 heteroatoms. The number of carbonyl (C=O) groups excluding carboxylic acids is 2. The fourth-order valence-electron chi connectivity index (χ4n) is 1.83. The number of furan rings is 1. The van der Waals surface area contributed by atoms with Gasteiger partial charge < -0.3 is 19.2 Å². The van der Waals surface area contributed by atoms with Crippen LogP contribution >= 0.6 is 0 Å². The average molecular weight is 334 g/mol. The first kappa shape index (κ1) is 17.0. The predicted octanol–water partition coefficient (Wildman–Crippen LogP) is 1.67. The van der Waals surface area contributed by atoms with E-state index in [-0.39, 0.29) is 23.5 Å². The molecule has 1 amide bonds. The molecule has 0 aliphatic carbocycles. The molecule has 2 aromatic rings. The Kier molecular flexibility index (Phi) is 5.50. The summed E-state index contributed by atoms with van der Waals surface area (Å²) >= 11 is 0. The van der Waals surface area contributed by atoms with Gasteiger partial charge >= 0.3 is 5.97 Å². The number of nitrogens with zero attached hydrogens (tertiary/aromatic N) is 1. The van der Waals surface area contributed by atoms with E-state index in [0.717, 1.165) is 6.07 Å². The van der Waals surface area contributed by atoms with Crippen molar-refractivity contribution in [2.45, 2.75) is 6.54 Å². The quantitative estimate of drug-likeness (QED) is 0.464. The van der Waals surface area contributed by atoms with Crippen molar-refractivity contribution >= 4 is 17.6 Å². The molecule has 1 aromatic carbocycles. The molecule has 0 aliphatic heterocycles. The van der Waals surface area contributed by atoms with Gasteiger partial charge in [-0.3, -0.25) is 14.9 Å². The molecule has 0 fully saturated rings. The molecule has 0 spiro atoms. The number of nitro benzene ring substituents is 1. The van der Waals surface area contributed by atoms with Crippen LogP contribution in [0.5, 0.6) is 5.75 Å². The number of non-ortho nitro benzene ring substituents is 1. The smallest absolute Gasteiger partial charge is 0.342 e. The van der Waals surface area contributed by atoms with Crippen LogP contribution in [0.2, 0.25) is 0 Å². The zero-order chi connectivity index (χ0) is 17.5. The Morgan fingerprint density at radius 1 is 1.33 bits per heavy atom. The van der Waals surface area contributed by atoms with Crippen molar-refractivity contribution in [2.75, 3.05) is 13.7 Å². The third-order valence-corrected chi connectivity index (χ3v) is 2.99. The van der Waals surface area contributed by atoms with Crippen molar-refractivity contribution in [3.05, 3.63) is 58.0 Å². The first-order valence-corrected chi connectivity index (χ1v) is 6.80. The van der Waals surface area contributed by atoms with Gasteiger partial charge in [0.1, 0.15) is 17.1 Å². The van der Waals surface area contributed by atoms with Gasteiger partial charge in [-0.2, -0.15) is 0 Å². The molecule has 1 heterocycles. The topological polar surface area (TPSA) is 121 Å². The molecule has 0 saturated carbocycles. The first-order valence-electron chi connectivity index (χ1n) is 6.80. The second-order valence-corrected chi connectivity index (χ2v) is 4.57. The van der Waals surface area contributed by atoms with Crippen LogP contribution in [0.15, 0.2) is 41.0 Å². The summed E-state index contributed by atoms with van der Waals surface area (Å²) in [6.45, 7) is -0.380. The summed E-state index contributed by atoms with van der Waals surface area (Å²) in [6, 6.07) is 6.87. The van der Waals surface area contributed by atoms with E-state index in [0.29, 0.717) is 5.76 Å². The fraction of sp³-hybridized carbons (Fsp3) is 0.200. The highest BCUT2D eigenvalue weighted by atomic mass is 16.6. The number of ether oxygens (including phenoxy) is 2. The van der Waals surface area contributed by atoms with Gasteiger partial charge in [0.25, 0.3) is 11.6 Å². The molecule has 0 aliphatic rings. The number of nitrogens with one attached hydrogen (secondary N) is 1. The lowest BCUT2D eigenvalue weighted by atomic mass is 10.2. The Morgan fingerprint density at radius 2 is 2.12 bits per heavy atom. The summed E-state index contributed by atoms with van der Waals surface area (Å²) < 4.78 is 14.9. The fourth-order valence-corrected chi connectivity index (χ4v) is 1.83. The van der Waals surface area contributed by atoms with Crippen molar-refractivity contribution in [3.8, 4) is 5.75 Å². The maximum atomic E-state index is 12.0. The van der Waals surface area contributed by atoms with Gasteiger partial charge in [0.15, 0.2) is 6.61 Å². The zero-order valence-electron chi connectivity index (χ0n) is 12.7. The molecule has 0 unspecified atom stereocenters. The molecule has 1 N–H and O–H groups in total. The lowest BCUT2D eigenvalue weighted by Gasteiger charge is -2.08. The number of rotatable bonds is 7. The van der Waals surface area contributed by atoms with E-state index in [4.69, 9.17) is 13.9 Å². The van der Waals surface area contributed by atoms with E-state index in [1.807, 2.05) is 0 Å². The van der Waals surface area contributed by atoms with Crippen molar-refractivity contribution in [1.29, 1.82) is 0 Å². The minimum atomic E-state index is -0.899. The Morgan fingerprint density at radius 3 is 2.75 bits per heavy atom. The van der Waals surface area contributed by atoms with Crippen LogP contribution in [0.3, 0.4) is 0 Å². The Bertz CT molecular complexity index is 740. The number of methoxy groups -OCH3 is 1. The molecular formula is C15H14N2O7. The van der Waals surface area contributed by atoms with Crippen molar-refractivity contribution in [2.24, 2.45) is 0 Å². The SMILES string of the molecule is COc1ccc([N+](=O)[O-])cc1C(=O)OCC(=O)NCc1ccco1. The number of amides is 1. The number of carbonyl (C=O) groups is 2. The maximum Gasteiger partial charge on any atom is 0.342 e. The highest BCUT2D eigenvalue weighted by Crippen LogP contribution is 2.24. The molecular weight excluding hydrogens is 320 g/mol. The summed E-state index contributed by atoms with van der Waals surface area (Å²) in [4.78, 5) is 33.8. The Balaban J connectivity index is 1.95. The monoisotopic (exact) mass is 334 g/mol. The third kappa shape index (κ3) is 4.32. The van der Waals surface area contributed by atoms with Crippen LogP contribution in [-0.2, 0) is 16.1 Å². The van der Waals surface area contributed by atoms with Crippen LogP contribution < -0.4 is 10.1 Å². The van der Waals surface area contributed by atoms with Gasteiger partial charge in [-0.25, -0.2) is 4.79 Å². The number of hydrogen-bond acceptors (Lipinski definition) is 7. The van der Waals surface area contributed by atoms with Crippen molar-refractivity contribution in [1.82, 2.24) is 5.32 Å². The zero-order valence-corrected chi connectivity index (χ0v) is 12.7. The Labute approximate surface area is 136 Å². The molecule has 0 atom stereocenters. The minimum Gasteiger partial charge on any atom is -0.496 e. The van der Waals surface area contributed by atoms with E-state index in [1.165, 1.54) is 25.5 Å². The normalized spacial score (nSPS) is 10.0. The number of benzene rings is 1. The van der Waals surface area contributed by atoms with E-state index in [1.54, 1.807) is 12.1 Å². The van der Waals surface area contributed by atoms with E-state index >= 15 is 0 Å². The molecule has 0 bridgehead atoms. The van der Waals surface area contributed by atoms with Crippen LogP contribution in [0.25, 0.3) is 0 Å². The molecule has 126 valence electrons. The Hall–Kier alpha value is -3.36. The van der Waals surface area contributed by atoms with E-state index < -0.39 is 23.4 Å². The number of esters is 1. The van der Waals surface area contributed by atoms with Crippen LogP contribution in [0.1, 0.15) is 16.1 Å². The number of nitro groups is 1. The van der Waals surface area contributed by atoms with Gasteiger partial charge in [0.05, 0.1) is 24.8 Å². The summed E-state index contributed by atoms with van der Waals surface area (Å²) in [5, 5.41) is 13.3. The lowest BCUT2D eigenvalue weighted by Crippen LogP contribution is -2.28. The molecule has 0 saturated heterocycles. The molecule has 1 aromatic heterocycles. The molecule has 2 rings (SSSR count). The lowest BCUT2D eigenvalue weighted by molar-refractivity contribution is -0.384. The van der Waals surface area contributed by atoms with Gasteiger partial charge in [-0.15, -0.1) is 0 Å². The summed E-state index contributed by atoms with van der Waals surface area (Å²) in [5.74, 6) is -0.774. The van der Waals surface area contributed by atoms with Crippen LogP contribution in [-0.4, -0.2) is 30.5 Å².